The van der Waals surface area contributed by atoms with Crippen LogP contribution >= 0.6 is 0 Å². The molecule has 0 aliphatic carbocycles. The monoisotopic (exact) mass is 331 g/mol. The van der Waals surface area contributed by atoms with Gasteiger partial charge in [-0.15, -0.1) is 10.2 Å². The van der Waals surface area contributed by atoms with Crippen molar-refractivity contribution in [2.45, 2.75) is 19.5 Å². The first-order valence-corrected chi connectivity index (χ1v) is 6.89. The van der Waals surface area contributed by atoms with Crippen LogP contribution in [0.4, 0.5) is 13.2 Å². The molecule has 0 atom stereocenters. The van der Waals surface area contributed by atoms with Gasteiger partial charge in [-0.2, -0.15) is 18.3 Å². The van der Waals surface area contributed by atoms with Crippen LogP contribution in [0, 0.1) is 0 Å². The molecule has 2 heterocycles. The zero-order chi connectivity index (χ0) is 17.7. The predicted octanol–water partition coefficient (Wildman–Crippen LogP) is 2.10. The van der Waals surface area contributed by atoms with Gasteiger partial charge in [0, 0.05) is 6.42 Å². The second kappa shape index (κ2) is 7.24. The van der Waals surface area contributed by atoms with E-state index in [1.165, 1.54) is 6.07 Å². The first kappa shape index (κ1) is 17.6. The van der Waals surface area contributed by atoms with Gasteiger partial charge in [0.2, 0.25) is 0 Å². The molecule has 0 aromatic carbocycles. The molecule has 0 aliphatic rings. The molecule has 0 spiro atoms. The lowest BCUT2D eigenvalue weighted by Crippen LogP contribution is -2.20. The van der Waals surface area contributed by atoms with E-state index in [0.29, 0.717) is 12.1 Å². The maximum Gasteiger partial charge on any atom is 0.453 e. The summed E-state index contributed by atoms with van der Waals surface area (Å²) in [6.07, 6.45) is 3.09. The van der Waals surface area contributed by atoms with Crippen molar-refractivity contribution in [3.05, 3.63) is 60.1 Å². The molecule has 2 radical (unpaired) electrons. The van der Waals surface area contributed by atoms with Crippen molar-refractivity contribution in [2.24, 2.45) is 0 Å². The van der Waals surface area contributed by atoms with Gasteiger partial charge >= 0.3 is 6.18 Å². The number of hydrogen-bond acceptors (Lipinski definition) is 4. The standard InChI is InChI=1S/C15H13BF3N5/c1-3-4-5-6-10(2)9-11-7-8-12(22-21-11)24-14(16)20-13(23-24)15(17,18)19/h3-8H,1,9H2,2H3/b5-4-,10-6+. The first-order chi connectivity index (χ1) is 11.3. The first-order valence-electron chi connectivity index (χ1n) is 6.89. The molecule has 2 aromatic heterocycles. The Kier molecular flexibility index (Phi) is 5.33. The van der Waals surface area contributed by atoms with Crippen molar-refractivity contribution in [2.75, 3.05) is 0 Å². The van der Waals surface area contributed by atoms with Gasteiger partial charge in [0.05, 0.1) is 11.4 Å². The van der Waals surface area contributed by atoms with Crippen LogP contribution in [0.25, 0.3) is 5.82 Å². The van der Waals surface area contributed by atoms with Crippen LogP contribution in [-0.4, -0.2) is 32.8 Å². The Hall–Kier alpha value is -2.71. The lowest BCUT2D eigenvalue weighted by Gasteiger charge is -2.04. The lowest BCUT2D eigenvalue weighted by atomic mass is 10.1. The van der Waals surface area contributed by atoms with Gasteiger partial charge in [-0.05, 0) is 19.1 Å². The Morgan fingerprint density at radius 3 is 2.58 bits per heavy atom. The summed E-state index contributed by atoms with van der Waals surface area (Å²) in [6.45, 7) is 5.50. The van der Waals surface area contributed by atoms with E-state index in [4.69, 9.17) is 7.85 Å². The van der Waals surface area contributed by atoms with Gasteiger partial charge in [0.1, 0.15) is 0 Å². The molecule has 0 bridgehead atoms. The van der Waals surface area contributed by atoms with Gasteiger partial charge in [-0.3, -0.25) is 0 Å². The minimum absolute atomic E-state index is 0.0624. The molecule has 0 aliphatic heterocycles. The molecule has 0 N–H and O–H groups in total. The van der Waals surface area contributed by atoms with Crippen LogP contribution in [-0.2, 0) is 12.6 Å². The van der Waals surface area contributed by atoms with E-state index in [1.54, 1.807) is 18.2 Å². The van der Waals surface area contributed by atoms with Crippen LogP contribution in [0.5, 0.6) is 0 Å². The van der Waals surface area contributed by atoms with Crippen molar-refractivity contribution in [3.8, 4) is 5.82 Å². The molecular weight excluding hydrogens is 318 g/mol. The Morgan fingerprint density at radius 2 is 2.04 bits per heavy atom. The zero-order valence-corrected chi connectivity index (χ0v) is 12.8. The highest BCUT2D eigenvalue weighted by Gasteiger charge is 2.36. The van der Waals surface area contributed by atoms with E-state index in [1.807, 2.05) is 19.1 Å². The topological polar surface area (TPSA) is 56.5 Å². The minimum Gasteiger partial charge on any atom is -0.220 e. The Balaban J connectivity index is 2.18. The Morgan fingerprint density at radius 1 is 1.29 bits per heavy atom. The maximum atomic E-state index is 12.6. The van der Waals surface area contributed by atoms with E-state index >= 15 is 0 Å². The number of hydrogen-bond donors (Lipinski definition) is 0. The number of allylic oxidation sites excluding steroid dienone is 5. The van der Waals surface area contributed by atoms with Crippen molar-refractivity contribution in [1.29, 1.82) is 0 Å². The van der Waals surface area contributed by atoms with Crippen LogP contribution < -0.4 is 5.72 Å². The summed E-state index contributed by atoms with van der Waals surface area (Å²) < 4.78 is 38.6. The summed E-state index contributed by atoms with van der Waals surface area (Å²) in [5.74, 6) is -1.26. The van der Waals surface area contributed by atoms with E-state index in [2.05, 4.69) is 26.9 Å². The third kappa shape index (κ3) is 4.40. The summed E-state index contributed by atoms with van der Waals surface area (Å²) in [5.41, 5.74) is 1.29. The summed E-state index contributed by atoms with van der Waals surface area (Å²) in [6, 6.07) is 3.13. The third-order valence-electron chi connectivity index (χ3n) is 2.90. The maximum absolute atomic E-state index is 12.6. The molecule has 0 unspecified atom stereocenters. The van der Waals surface area contributed by atoms with E-state index in [9.17, 15) is 13.2 Å². The van der Waals surface area contributed by atoms with Crippen LogP contribution in [0.3, 0.4) is 0 Å². The van der Waals surface area contributed by atoms with E-state index in [0.717, 1.165) is 10.3 Å². The second-order valence-electron chi connectivity index (χ2n) is 4.90. The van der Waals surface area contributed by atoms with Crippen molar-refractivity contribution >= 4 is 13.6 Å². The Bertz CT molecular complexity index is 775. The summed E-state index contributed by atoms with van der Waals surface area (Å²) in [5, 5.41) is 11.1. The van der Waals surface area contributed by atoms with Crippen LogP contribution in [0.2, 0.25) is 0 Å². The Labute approximate surface area is 138 Å². The normalized spacial score (nSPS) is 12.8. The molecule has 122 valence electrons. The second-order valence-corrected chi connectivity index (χ2v) is 4.90. The van der Waals surface area contributed by atoms with Crippen molar-refractivity contribution < 1.29 is 13.2 Å². The fourth-order valence-corrected chi connectivity index (χ4v) is 1.82. The molecule has 24 heavy (non-hydrogen) atoms. The molecular formula is C15H13BF3N5. The summed E-state index contributed by atoms with van der Waals surface area (Å²) in [4.78, 5) is 3.18. The third-order valence-corrected chi connectivity index (χ3v) is 2.90. The van der Waals surface area contributed by atoms with Crippen molar-refractivity contribution in [3.63, 3.8) is 0 Å². The van der Waals surface area contributed by atoms with Crippen molar-refractivity contribution in [1.82, 2.24) is 25.0 Å². The van der Waals surface area contributed by atoms with Gasteiger partial charge in [-0.25, -0.2) is 9.67 Å². The lowest BCUT2D eigenvalue weighted by molar-refractivity contribution is -0.144. The van der Waals surface area contributed by atoms with E-state index in [-0.39, 0.29) is 5.82 Å². The zero-order valence-electron chi connectivity index (χ0n) is 12.8. The molecule has 5 nitrogen and oxygen atoms in total. The quantitative estimate of drug-likeness (QED) is 0.622. The summed E-state index contributed by atoms with van der Waals surface area (Å²) >= 11 is 0. The molecule has 0 amide bonds. The number of nitrogens with zero attached hydrogens (tertiary/aromatic N) is 5. The minimum atomic E-state index is -4.67. The fourth-order valence-electron chi connectivity index (χ4n) is 1.82. The molecule has 0 saturated heterocycles. The van der Waals surface area contributed by atoms with Gasteiger partial charge in [0.25, 0.3) is 5.82 Å². The number of aromatic nitrogens is 5. The SMILES string of the molecule is [B]c1nc(C(F)(F)F)nn1-c1ccc(C/C(C)=C/C=C\C=C)nn1. The average Bonchev–Trinajstić information content (AvgIpc) is 2.90. The van der Waals surface area contributed by atoms with E-state index < -0.39 is 17.7 Å². The predicted molar refractivity (Wildman–Crippen MR) is 84.1 cm³/mol. The highest BCUT2D eigenvalue weighted by molar-refractivity contribution is 6.29. The van der Waals surface area contributed by atoms with Crippen LogP contribution in [0.1, 0.15) is 18.4 Å². The molecule has 0 fully saturated rings. The van der Waals surface area contributed by atoms with Gasteiger partial charge < -0.3 is 0 Å². The number of rotatable bonds is 5. The number of alkyl halides is 3. The highest BCUT2D eigenvalue weighted by atomic mass is 19.4. The van der Waals surface area contributed by atoms with Gasteiger partial charge in [-0.1, -0.05) is 36.5 Å². The van der Waals surface area contributed by atoms with Crippen LogP contribution in [0.15, 0.2) is 48.6 Å². The highest BCUT2D eigenvalue weighted by Crippen LogP contribution is 2.25. The molecule has 0 saturated carbocycles. The average molecular weight is 331 g/mol. The summed E-state index contributed by atoms with van der Waals surface area (Å²) in [7, 11) is 5.45. The van der Waals surface area contributed by atoms with Gasteiger partial charge in [0.15, 0.2) is 13.7 Å². The largest absolute Gasteiger partial charge is 0.453 e. The molecule has 2 rings (SSSR count). The fraction of sp³-hybridized carbons (Fsp3) is 0.200. The number of halogens is 3. The molecule has 9 heteroatoms. The molecule has 2 aromatic rings. The smallest absolute Gasteiger partial charge is 0.220 e.